The van der Waals surface area contributed by atoms with Gasteiger partial charge in [0.1, 0.15) is 13.2 Å². The first-order valence-corrected chi connectivity index (χ1v) is 6.10. The van der Waals surface area contributed by atoms with Crippen molar-refractivity contribution in [1.29, 1.82) is 0 Å². The molecule has 94 valence electrons. The molecule has 17 heavy (non-hydrogen) atoms. The number of aliphatic hydroxyl groups is 1. The van der Waals surface area contributed by atoms with Gasteiger partial charge in [-0.1, -0.05) is 6.07 Å². The summed E-state index contributed by atoms with van der Waals surface area (Å²) in [6, 6.07) is 6.03. The van der Waals surface area contributed by atoms with E-state index in [1.54, 1.807) is 0 Å². The van der Waals surface area contributed by atoms with Crippen LogP contribution in [-0.2, 0) is 6.54 Å². The fraction of sp³-hybridized carbons (Fsp3) is 0.538. The third kappa shape index (κ3) is 3.61. The minimum Gasteiger partial charge on any atom is -0.486 e. The predicted molar refractivity (Wildman–Crippen MR) is 65.5 cm³/mol. The summed E-state index contributed by atoms with van der Waals surface area (Å²) in [7, 11) is 0. The van der Waals surface area contributed by atoms with Crippen LogP contribution in [0.5, 0.6) is 11.5 Å². The van der Waals surface area contributed by atoms with E-state index in [1.807, 2.05) is 18.2 Å². The van der Waals surface area contributed by atoms with E-state index in [4.69, 9.17) is 14.6 Å². The lowest BCUT2D eigenvalue weighted by Crippen LogP contribution is -2.17. The van der Waals surface area contributed by atoms with Crippen LogP contribution >= 0.6 is 0 Å². The van der Waals surface area contributed by atoms with Crippen molar-refractivity contribution in [2.24, 2.45) is 0 Å². The van der Waals surface area contributed by atoms with E-state index in [-0.39, 0.29) is 6.61 Å². The number of unbranched alkanes of at least 4 members (excludes halogenated alkanes) is 1. The second-order valence-electron chi connectivity index (χ2n) is 4.09. The highest BCUT2D eigenvalue weighted by molar-refractivity contribution is 5.43. The van der Waals surface area contributed by atoms with Crippen LogP contribution in [0, 0.1) is 0 Å². The second kappa shape index (κ2) is 6.47. The molecule has 1 aromatic carbocycles. The molecule has 0 radical (unpaired) electrons. The van der Waals surface area contributed by atoms with Crippen molar-refractivity contribution in [2.75, 3.05) is 26.4 Å². The summed E-state index contributed by atoms with van der Waals surface area (Å²) in [6.45, 7) is 3.27. The molecule has 0 aromatic heterocycles. The first kappa shape index (κ1) is 12.2. The molecule has 0 atom stereocenters. The molecule has 1 aliphatic heterocycles. The van der Waals surface area contributed by atoms with Crippen molar-refractivity contribution < 1.29 is 14.6 Å². The number of nitrogens with one attached hydrogen (secondary N) is 1. The van der Waals surface area contributed by atoms with E-state index >= 15 is 0 Å². The summed E-state index contributed by atoms with van der Waals surface area (Å²) in [5.74, 6) is 1.67. The smallest absolute Gasteiger partial charge is 0.161 e. The highest BCUT2D eigenvalue weighted by atomic mass is 16.6. The maximum Gasteiger partial charge on any atom is 0.161 e. The third-order valence-electron chi connectivity index (χ3n) is 2.70. The average Bonchev–Trinajstić information content (AvgIpc) is 2.38. The van der Waals surface area contributed by atoms with Crippen molar-refractivity contribution in [3.63, 3.8) is 0 Å². The molecule has 2 rings (SSSR count). The van der Waals surface area contributed by atoms with E-state index in [2.05, 4.69) is 5.32 Å². The quantitative estimate of drug-likeness (QED) is 0.733. The third-order valence-corrected chi connectivity index (χ3v) is 2.70. The number of ether oxygens (including phenoxy) is 2. The predicted octanol–water partition coefficient (Wildman–Crippen LogP) is 1.32. The maximum atomic E-state index is 8.66. The Bertz CT molecular complexity index is 355. The Morgan fingerprint density at radius 1 is 1.12 bits per heavy atom. The second-order valence-corrected chi connectivity index (χ2v) is 4.09. The van der Waals surface area contributed by atoms with Gasteiger partial charge in [0.2, 0.25) is 0 Å². The molecule has 0 saturated carbocycles. The first-order valence-electron chi connectivity index (χ1n) is 6.10. The lowest BCUT2D eigenvalue weighted by Gasteiger charge is -2.18. The van der Waals surface area contributed by atoms with Gasteiger partial charge in [0.25, 0.3) is 0 Å². The number of hydrogen-bond acceptors (Lipinski definition) is 4. The minimum absolute atomic E-state index is 0.270. The molecule has 1 aliphatic rings. The molecule has 0 saturated heterocycles. The van der Waals surface area contributed by atoms with Crippen molar-refractivity contribution in [2.45, 2.75) is 19.4 Å². The highest BCUT2D eigenvalue weighted by Gasteiger charge is 2.11. The minimum atomic E-state index is 0.270. The number of aliphatic hydroxyl groups excluding tert-OH is 1. The van der Waals surface area contributed by atoms with Gasteiger partial charge in [-0.15, -0.1) is 0 Å². The molecule has 4 heteroatoms. The van der Waals surface area contributed by atoms with E-state index in [9.17, 15) is 0 Å². The Balaban J connectivity index is 1.81. The highest BCUT2D eigenvalue weighted by Crippen LogP contribution is 2.30. The van der Waals surface area contributed by atoms with Gasteiger partial charge in [0, 0.05) is 13.2 Å². The van der Waals surface area contributed by atoms with Crippen molar-refractivity contribution >= 4 is 0 Å². The molecule has 4 nitrogen and oxygen atoms in total. The molecule has 0 bridgehead atoms. The Hall–Kier alpha value is -1.26. The summed E-state index contributed by atoms with van der Waals surface area (Å²) in [5.41, 5.74) is 1.19. The average molecular weight is 237 g/mol. The van der Waals surface area contributed by atoms with Crippen LogP contribution in [-0.4, -0.2) is 31.5 Å². The Morgan fingerprint density at radius 3 is 2.76 bits per heavy atom. The zero-order chi connectivity index (χ0) is 11.9. The summed E-state index contributed by atoms with van der Waals surface area (Å²) in [6.07, 6.45) is 1.86. The van der Waals surface area contributed by atoms with Crippen molar-refractivity contribution in [3.8, 4) is 11.5 Å². The number of benzene rings is 1. The lowest BCUT2D eigenvalue weighted by atomic mass is 10.2. The van der Waals surface area contributed by atoms with E-state index in [1.165, 1.54) is 5.56 Å². The monoisotopic (exact) mass is 237 g/mol. The van der Waals surface area contributed by atoms with E-state index in [0.29, 0.717) is 13.2 Å². The Kier molecular flexibility index (Phi) is 4.64. The fourth-order valence-electron chi connectivity index (χ4n) is 1.79. The first-order chi connectivity index (χ1) is 8.40. The van der Waals surface area contributed by atoms with Crippen molar-refractivity contribution in [1.82, 2.24) is 5.32 Å². The van der Waals surface area contributed by atoms with E-state index in [0.717, 1.165) is 37.4 Å². The van der Waals surface area contributed by atoms with Crippen LogP contribution in [0.4, 0.5) is 0 Å². The SMILES string of the molecule is OCCCCNCc1ccc2c(c1)OCCO2. The van der Waals surface area contributed by atoms with Crippen LogP contribution in [0.25, 0.3) is 0 Å². The molecular weight excluding hydrogens is 218 g/mol. The molecule has 1 aromatic rings. The number of hydrogen-bond donors (Lipinski definition) is 2. The van der Waals surface area contributed by atoms with Gasteiger partial charge in [0.15, 0.2) is 11.5 Å². The van der Waals surface area contributed by atoms with Gasteiger partial charge in [-0.2, -0.15) is 0 Å². The van der Waals surface area contributed by atoms with Gasteiger partial charge in [-0.25, -0.2) is 0 Å². The van der Waals surface area contributed by atoms with Crippen molar-refractivity contribution in [3.05, 3.63) is 23.8 Å². The molecule has 2 N–H and O–H groups in total. The molecule has 0 aliphatic carbocycles. The van der Waals surface area contributed by atoms with Crippen LogP contribution in [0.15, 0.2) is 18.2 Å². The summed E-state index contributed by atoms with van der Waals surface area (Å²) in [4.78, 5) is 0. The van der Waals surface area contributed by atoms with Gasteiger partial charge in [0.05, 0.1) is 0 Å². The van der Waals surface area contributed by atoms with Gasteiger partial charge in [-0.05, 0) is 37.1 Å². The Labute approximate surface area is 102 Å². The maximum absolute atomic E-state index is 8.66. The topological polar surface area (TPSA) is 50.7 Å². The molecule has 1 heterocycles. The fourth-order valence-corrected chi connectivity index (χ4v) is 1.79. The molecule has 0 fully saturated rings. The van der Waals surface area contributed by atoms with Crippen LogP contribution in [0.3, 0.4) is 0 Å². The summed E-state index contributed by atoms with van der Waals surface area (Å²) >= 11 is 0. The van der Waals surface area contributed by atoms with Gasteiger partial charge in [-0.3, -0.25) is 0 Å². The zero-order valence-corrected chi connectivity index (χ0v) is 9.95. The normalized spacial score (nSPS) is 13.7. The largest absolute Gasteiger partial charge is 0.486 e. The molecule has 0 spiro atoms. The molecular formula is C13H19NO3. The Morgan fingerprint density at radius 2 is 1.94 bits per heavy atom. The van der Waals surface area contributed by atoms with Crippen LogP contribution < -0.4 is 14.8 Å². The molecule has 0 amide bonds. The van der Waals surface area contributed by atoms with Crippen LogP contribution in [0.1, 0.15) is 18.4 Å². The van der Waals surface area contributed by atoms with E-state index < -0.39 is 0 Å². The summed E-state index contributed by atoms with van der Waals surface area (Å²) in [5, 5.41) is 12.0. The standard InChI is InChI=1S/C13H19NO3/c15-6-2-1-5-14-10-11-3-4-12-13(9-11)17-8-7-16-12/h3-4,9,14-15H,1-2,5-8,10H2. The van der Waals surface area contributed by atoms with Gasteiger partial charge >= 0.3 is 0 Å². The van der Waals surface area contributed by atoms with Crippen LogP contribution in [0.2, 0.25) is 0 Å². The zero-order valence-electron chi connectivity index (χ0n) is 9.95. The lowest BCUT2D eigenvalue weighted by molar-refractivity contribution is 0.171. The summed E-state index contributed by atoms with van der Waals surface area (Å²) < 4.78 is 11.0. The number of fused-ring (bicyclic) bond motifs is 1. The van der Waals surface area contributed by atoms with Gasteiger partial charge < -0.3 is 19.9 Å². The number of rotatable bonds is 6. The molecule has 0 unspecified atom stereocenters.